The van der Waals surface area contributed by atoms with Crippen LogP contribution in [0.2, 0.25) is 0 Å². The molecule has 2 aromatic rings. The van der Waals surface area contributed by atoms with Crippen LogP contribution in [-0.4, -0.2) is 18.4 Å². The highest BCUT2D eigenvalue weighted by molar-refractivity contribution is 6.03. The molecule has 0 aliphatic carbocycles. The lowest BCUT2D eigenvalue weighted by Crippen LogP contribution is -2.28. The van der Waals surface area contributed by atoms with Crippen molar-refractivity contribution in [2.45, 2.75) is 19.8 Å². The van der Waals surface area contributed by atoms with Gasteiger partial charge in [-0.05, 0) is 42.3 Å². The minimum absolute atomic E-state index is 0.0707. The quantitative estimate of drug-likeness (QED) is 0.936. The van der Waals surface area contributed by atoms with E-state index in [0.29, 0.717) is 12.2 Å². The molecule has 0 unspecified atom stereocenters. The molecule has 2 aromatic carbocycles. The molecule has 4 nitrogen and oxygen atoms in total. The first-order valence-corrected chi connectivity index (χ1v) is 8.02. The summed E-state index contributed by atoms with van der Waals surface area (Å²) in [6.07, 6.45) is 1.10. The number of hydrogen-bond acceptors (Lipinski definition) is 2. The summed E-state index contributed by atoms with van der Waals surface area (Å²) in [5.41, 5.74) is 2.40. The molecule has 3 rings (SSSR count). The van der Waals surface area contributed by atoms with Gasteiger partial charge >= 0.3 is 0 Å². The maximum Gasteiger partial charge on any atom is 0.229 e. The number of nitrogens with one attached hydrogen (secondary N) is 1. The fraction of sp³-hybridized carbons (Fsp3) is 0.263. The van der Waals surface area contributed by atoms with Gasteiger partial charge in [-0.25, -0.2) is 4.39 Å². The molecule has 1 heterocycles. The molecule has 0 radical (unpaired) electrons. The number of carbonyl (C=O) groups excluding carboxylic acids is 2. The maximum absolute atomic E-state index is 13.2. The van der Waals surface area contributed by atoms with Gasteiger partial charge in [0.1, 0.15) is 5.82 Å². The number of anilines is 2. The van der Waals surface area contributed by atoms with Crippen molar-refractivity contribution in [3.05, 3.63) is 59.9 Å². The first-order chi connectivity index (χ1) is 11.6. The van der Waals surface area contributed by atoms with E-state index in [1.165, 1.54) is 23.8 Å². The van der Waals surface area contributed by atoms with Crippen molar-refractivity contribution in [2.75, 3.05) is 16.8 Å². The monoisotopic (exact) mass is 326 g/mol. The van der Waals surface area contributed by atoms with E-state index in [-0.39, 0.29) is 18.2 Å². The molecule has 0 spiro atoms. The Morgan fingerprint density at radius 3 is 2.67 bits per heavy atom. The normalized spacial score (nSPS) is 17.2. The van der Waals surface area contributed by atoms with Gasteiger partial charge in [0.15, 0.2) is 0 Å². The average molecular weight is 326 g/mol. The van der Waals surface area contributed by atoms with E-state index in [2.05, 4.69) is 12.2 Å². The fourth-order valence-electron chi connectivity index (χ4n) is 2.85. The summed E-state index contributed by atoms with van der Waals surface area (Å²) in [7, 11) is 0. The van der Waals surface area contributed by atoms with Crippen LogP contribution in [0.1, 0.15) is 18.9 Å². The number of carbonyl (C=O) groups is 2. The molecule has 0 bridgehead atoms. The molecular formula is C19H19FN2O2. The predicted molar refractivity (Wildman–Crippen MR) is 91.3 cm³/mol. The van der Waals surface area contributed by atoms with Gasteiger partial charge in [-0.15, -0.1) is 0 Å². The Balaban J connectivity index is 1.68. The van der Waals surface area contributed by atoms with Gasteiger partial charge in [-0.1, -0.05) is 25.1 Å². The molecular weight excluding hydrogens is 307 g/mol. The number of halogens is 1. The summed E-state index contributed by atoms with van der Waals surface area (Å²) < 4.78 is 13.2. The van der Waals surface area contributed by atoms with Crippen molar-refractivity contribution in [2.24, 2.45) is 5.92 Å². The van der Waals surface area contributed by atoms with Crippen LogP contribution in [0.15, 0.2) is 48.5 Å². The third-order valence-corrected chi connectivity index (χ3v) is 4.24. The van der Waals surface area contributed by atoms with E-state index in [1.54, 1.807) is 11.0 Å². The Kier molecular flexibility index (Phi) is 4.60. The minimum atomic E-state index is -0.438. The van der Waals surface area contributed by atoms with Crippen LogP contribution in [0.5, 0.6) is 0 Å². The molecule has 24 heavy (non-hydrogen) atoms. The molecule has 1 atom stereocenters. The Hall–Kier alpha value is -2.69. The van der Waals surface area contributed by atoms with E-state index < -0.39 is 11.7 Å². The number of amides is 2. The molecule has 1 saturated heterocycles. The van der Waals surface area contributed by atoms with Gasteiger partial charge in [0.25, 0.3) is 0 Å². The predicted octanol–water partition coefficient (Wildman–Crippen LogP) is 3.38. The van der Waals surface area contributed by atoms with Crippen LogP contribution in [0.25, 0.3) is 0 Å². The van der Waals surface area contributed by atoms with Crippen molar-refractivity contribution in [3.63, 3.8) is 0 Å². The van der Waals surface area contributed by atoms with Gasteiger partial charge in [-0.2, -0.15) is 0 Å². The van der Waals surface area contributed by atoms with Crippen molar-refractivity contribution >= 4 is 23.2 Å². The second kappa shape index (κ2) is 6.83. The second-order valence-corrected chi connectivity index (χ2v) is 5.92. The van der Waals surface area contributed by atoms with E-state index in [1.807, 2.05) is 24.3 Å². The third-order valence-electron chi connectivity index (χ3n) is 4.24. The van der Waals surface area contributed by atoms with Gasteiger partial charge in [-0.3, -0.25) is 9.59 Å². The number of benzene rings is 2. The summed E-state index contributed by atoms with van der Waals surface area (Å²) >= 11 is 0. The summed E-state index contributed by atoms with van der Waals surface area (Å²) in [4.78, 5) is 26.2. The largest absolute Gasteiger partial charge is 0.326 e. The molecule has 0 aromatic heterocycles. The number of rotatable bonds is 4. The molecule has 2 amide bonds. The lowest BCUT2D eigenvalue weighted by molar-refractivity contribution is -0.122. The number of hydrogen-bond donors (Lipinski definition) is 1. The lowest BCUT2D eigenvalue weighted by Gasteiger charge is -2.17. The first-order valence-electron chi connectivity index (χ1n) is 8.02. The topological polar surface area (TPSA) is 49.4 Å². The fourth-order valence-corrected chi connectivity index (χ4v) is 2.85. The summed E-state index contributed by atoms with van der Waals surface area (Å²) in [6.45, 7) is 2.41. The zero-order valence-electron chi connectivity index (χ0n) is 13.5. The maximum atomic E-state index is 13.2. The lowest BCUT2D eigenvalue weighted by atomic mass is 10.1. The highest BCUT2D eigenvalue weighted by atomic mass is 19.1. The highest BCUT2D eigenvalue weighted by Gasteiger charge is 2.35. The van der Waals surface area contributed by atoms with Gasteiger partial charge in [0, 0.05) is 24.3 Å². The Morgan fingerprint density at radius 1 is 1.25 bits per heavy atom. The van der Waals surface area contributed by atoms with Crippen molar-refractivity contribution < 1.29 is 14.0 Å². The van der Waals surface area contributed by atoms with Crippen LogP contribution in [0.3, 0.4) is 0 Å². The zero-order valence-corrected chi connectivity index (χ0v) is 13.5. The molecule has 1 aliphatic heterocycles. The molecule has 1 aliphatic rings. The smallest absolute Gasteiger partial charge is 0.229 e. The molecule has 0 saturated carbocycles. The molecule has 1 N–H and O–H groups in total. The van der Waals surface area contributed by atoms with Crippen LogP contribution in [-0.2, 0) is 16.0 Å². The standard InChI is InChI=1S/C19H19FN2O2/c1-2-13-6-8-17(9-7-13)22-12-14(10-18(22)23)19(24)21-16-5-3-4-15(20)11-16/h3-9,11,14H,2,10,12H2,1H3,(H,21,24)/t14-/m0/s1. The van der Waals surface area contributed by atoms with Gasteiger partial charge in [0.2, 0.25) is 11.8 Å². The van der Waals surface area contributed by atoms with Gasteiger partial charge < -0.3 is 10.2 Å². The van der Waals surface area contributed by atoms with E-state index in [9.17, 15) is 14.0 Å². The van der Waals surface area contributed by atoms with Crippen molar-refractivity contribution in [1.82, 2.24) is 0 Å². The van der Waals surface area contributed by atoms with Crippen LogP contribution < -0.4 is 10.2 Å². The Bertz CT molecular complexity index is 758. The van der Waals surface area contributed by atoms with E-state index in [0.717, 1.165) is 12.1 Å². The summed E-state index contributed by atoms with van der Waals surface area (Å²) in [6, 6.07) is 13.5. The SMILES string of the molecule is CCc1ccc(N2C[C@@H](C(=O)Nc3cccc(F)c3)CC2=O)cc1. The number of aryl methyl sites for hydroxylation is 1. The minimum Gasteiger partial charge on any atom is -0.326 e. The molecule has 5 heteroatoms. The Morgan fingerprint density at radius 2 is 2.00 bits per heavy atom. The van der Waals surface area contributed by atoms with E-state index >= 15 is 0 Å². The van der Waals surface area contributed by atoms with Crippen molar-refractivity contribution in [3.8, 4) is 0 Å². The Labute approximate surface area is 140 Å². The number of nitrogens with zero attached hydrogens (tertiary/aromatic N) is 1. The average Bonchev–Trinajstić information content (AvgIpc) is 2.97. The third kappa shape index (κ3) is 3.45. The summed E-state index contributed by atoms with van der Waals surface area (Å²) in [5.74, 6) is -1.18. The summed E-state index contributed by atoms with van der Waals surface area (Å²) in [5, 5.41) is 2.68. The van der Waals surface area contributed by atoms with E-state index in [4.69, 9.17) is 0 Å². The molecule has 1 fully saturated rings. The molecule has 124 valence electrons. The first kappa shape index (κ1) is 16.2. The van der Waals surface area contributed by atoms with Gasteiger partial charge in [0.05, 0.1) is 5.92 Å². The zero-order chi connectivity index (χ0) is 17.1. The highest BCUT2D eigenvalue weighted by Crippen LogP contribution is 2.26. The second-order valence-electron chi connectivity index (χ2n) is 5.92. The van der Waals surface area contributed by atoms with Crippen molar-refractivity contribution in [1.29, 1.82) is 0 Å². The van der Waals surface area contributed by atoms with Crippen LogP contribution >= 0.6 is 0 Å². The van der Waals surface area contributed by atoms with Crippen LogP contribution in [0, 0.1) is 11.7 Å². The van der Waals surface area contributed by atoms with Crippen LogP contribution in [0.4, 0.5) is 15.8 Å².